The largest absolute Gasteiger partial charge is 0.495 e. The summed E-state index contributed by atoms with van der Waals surface area (Å²) in [6.07, 6.45) is 0.705. The summed E-state index contributed by atoms with van der Waals surface area (Å²) < 4.78 is 6.91. The second kappa shape index (κ2) is 7.79. The Labute approximate surface area is 168 Å². The van der Waals surface area contributed by atoms with Gasteiger partial charge in [-0.3, -0.25) is 9.59 Å². The topological polar surface area (TPSA) is 85.2 Å². The quantitative estimate of drug-likeness (QED) is 0.673. The highest BCUT2D eigenvalue weighted by molar-refractivity contribution is 6.04. The van der Waals surface area contributed by atoms with Crippen LogP contribution in [0.1, 0.15) is 25.1 Å². The lowest BCUT2D eigenvalue weighted by molar-refractivity contribution is -0.123. The fraction of sp³-hybridized carbons (Fsp3) is 0.227. The van der Waals surface area contributed by atoms with Gasteiger partial charge in [-0.2, -0.15) is 5.10 Å². The summed E-state index contributed by atoms with van der Waals surface area (Å²) in [5.74, 6) is 0.698. The zero-order valence-corrected chi connectivity index (χ0v) is 16.3. The molecule has 1 atom stereocenters. The molecule has 4 rings (SSSR count). The van der Waals surface area contributed by atoms with Crippen LogP contribution in [0.25, 0.3) is 11.1 Å². The van der Waals surface area contributed by atoms with Crippen LogP contribution in [0.3, 0.4) is 0 Å². The van der Waals surface area contributed by atoms with E-state index >= 15 is 0 Å². The molecule has 0 saturated carbocycles. The van der Waals surface area contributed by atoms with E-state index in [1.807, 2.05) is 49.4 Å². The first-order valence-corrected chi connectivity index (χ1v) is 9.53. The lowest BCUT2D eigenvalue weighted by atomic mass is 10.0. The third kappa shape index (κ3) is 3.47. The molecule has 2 amide bonds. The number of carbonyl (C=O) groups excluding carboxylic acids is 2. The molecule has 1 aliphatic heterocycles. The molecule has 29 heavy (non-hydrogen) atoms. The Bertz CT molecular complexity index is 1060. The summed E-state index contributed by atoms with van der Waals surface area (Å²) in [4.78, 5) is 25.2. The molecule has 1 aliphatic rings. The third-order valence-electron chi connectivity index (χ3n) is 4.98. The number of para-hydroxylation sites is 2. The third-order valence-corrected chi connectivity index (χ3v) is 4.98. The van der Waals surface area contributed by atoms with E-state index in [1.165, 1.54) is 0 Å². The predicted octanol–water partition coefficient (Wildman–Crippen LogP) is 3.64. The van der Waals surface area contributed by atoms with Gasteiger partial charge in [0.25, 0.3) is 5.91 Å². The van der Waals surface area contributed by atoms with E-state index in [9.17, 15) is 9.59 Å². The Morgan fingerprint density at radius 2 is 1.90 bits per heavy atom. The summed E-state index contributed by atoms with van der Waals surface area (Å²) in [5, 5.41) is 10.4. The molecule has 0 bridgehead atoms. The van der Waals surface area contributed by atoms with Gasteiger partial charge in [0.15, 0.2) is 0 Å². The van der Waals surface area contributed by atoms with Crippen molar-refractivity contribution in [2.24, 2.45) is 0 Å². The Morgan fingerprint density at radius 3 is 2.62 bits per heavy atom. The minimum atomic E-state index is -0.692. The number of anilines is 2. The van der Waals surface area contributed by atoms with Gasteiger partial charge in [-0.05, 0) is 24.1 Å². The van der Waals surface area contributed by atoms with Crippen LogP contribution in [-0.4, -0.2) is 28.7 Å². The number of amides is 2. The zero-order chi connectivity index (χ0) is 20.4. The first-order valence-electron chi connectivity index (χ1n) is 9.53. The molecule has 0 saturated heterocycles. The minimum absolute atomic E-state index is 0.0179. The maximum absolute atomic E-state index is 12.6. The molecular formula is C22H22N4O3. The average Bonchev–Trinajstić information content (AvgIpc) is 3.24. The fourth-order valence-corrected chi connectivity index (χ4v) is 3.60. The molecule has 2 aromatic carbocycles. The standard InChI is InChI=1S/C22H22N4O3/c1-3-15-20(14-9-5-4-6-10-14)21-24-22(28)17(26(21)25-15)13-19(27)23-16-11-7-8-12-18(16)29-2/h4-12,17H,3,13H2,1-2H3,(H,23,27)(H,24,28). The minimum Gasteiger partial charge on any atom is -0.495 e. The number of benzene rings is 2. The SMILES string of the molecule is CCc1nn2c(c1-c1ccccc1)NC(=O)C2CC(=O)Nc1ccccc1OC. The smallest absolute Gasteiger partial charge is 0.251 e. The predicted molar refractivity (Wildman–Crippen MR) is 111 cm³/mol. The molecule has 2 N–H and O–H groups in total. The van der Waals surface area contributed by atoms with Crippen LogP contribution < -0.4 is 15.4 Å². The molecule has 3 aromatic rings. The lowest BCUT2D eigenvalue weighted by Gasteiger charge is -2.12. The molecule has 0 spiro atoms. The Kier molecular flexibility index (Phi) is 5.03. The van der Waals surface area contributed by atoms with Crippen molar-refractivity contribution in [1.82, 2.24) is 9.78 Å². The van der Waals surface area contributed by atoms with Gasteiger partial charge in [-0.15, -0.1) is 0 Å². The number of fused-ring (bicyclic) bond motifs is 1. The first-order chi connectivity index (χ1) is 14.1. The van der Waals surface area contributed by atoms with E-state index in [4.69, 9.17) is 4.74 Å². The van der Waals surface area contributed by atoms with Crippen molar-refractivity contribution in [3.8, 4) is 16.9 Å². The van der Waals surface area contributed by atoms with Gasteiger partial charge in [0.05, 0.1) is 24.9 Å². The van der Waals surface area contributed by atoms with E-state index in [0.29, 0.717) is 17.3 Å². The molecule has 2 heterocycles. The van der Waals surface area contributed by atoms with Gasteiger partial charge >= 0.3 is 0 Å². The maximum atomic E-state index is 12.6. The molecule has 0 fully saturated rings. The van der Waals surface area contributed by atoms with Crippen LogP contribution in [0, 0.1) is 0 Å². The monoisotopic (exact) mass is 390 g/mol. The van der Waals surface area contributed by atoms with Crippen LogP contribution >= 0.6 is 0 Å². The number of hydrogen-bond acceptors (Lipinski definition) is 4. The van der Waals surface area contributed by atoms with Crippen molar-refractivity contribution < 1.29 is 14.3 Å². The molecular weight excluding hydrogens is 368 g/mol. The molecule has 1 aromatic heterocycles. The van der Waals surface area contributed by atoms with Gasteiger partial charge in [0, 0.05) is 5.56 Å². The summed E-state index contributed by atoms with van der Waals surface area (Å²) >= 11 is 0. The van der Waals surface area contributed by atoms with Crippen molar-refractivity contribution in [2.75, 3.05) is 17.7 Å². The molecule has 0 radical (unpaired) electrons. The molecule has 7 heteroatoms. The second-order valence-corrected chi connectivity index (χ2v) is 6.79. The second-order valence-electron chi connectivity index (χ2n) is 6.79. The average molecular weight is 390 g/mol. The van der Waals surface area contributed by atoms with Gasteiger partial charge in [-0.25, -0.2) is 4.68 Å². The van der Waals surface area contributed by atoms with E-state index in [2.05, 4.69) is 15.7 Å². The Morgan fingerprint density at radius 1 is 1.17 bits per heavy atom. The molecule has 148 valence electrons. The normalized spacial score (nSPS) is 15.0. The van der Waals surface area contributed by atoms with E-state index in [-0.39, 0.29) is 18.2 Å². The van der Waals surface area contributed by atoms with Crippen molar-refractivity contribution in [2.45, 2.75) is 25.8 Å². The van der Waals surface area contributed by atoms with Crippen molar-refractivity contribution in [1.29, 1.82) is 0 Å². The number of aromatic nitrogens is 2. The van der Waals surface area contributed by atoms with Gasteiger partial charge in [0.1, 0.15) is 17.6 Å². The van der Waals surface area contributed by atoms with Crippen LogP contribution in [0.4, 0.5) is 11.5 Å². The summed E-state index contributed by atoms with van der Waals surface area (Å²) in [6.45, 7) is 2.02. The number of carbonyl (C=O) groups is 2. The number of nitrogens with zero attached hydrogens (tertiary/aromatic N) is 2. The highest BCUT2D eigenvalue weighted by atomic mass is 16.5. The van der Waals surface area contributed by atoms with Crippen molar-refractivity contribution in [3.63, 3.8) is 0 Å². The van der Waals surface area contributed by atoms with E-state index in [1.54, 1.807) is 23.9 Å². The van der Waals surface area contributed by atoms with E-state index in [0.717, 1.165) is 23.2 Å². The number of methoxy groups -OCH3 is 1. The fourth-order valence-electron chi connectivity index (χ4n) is 3.60. The van der Waals surface area contributed by atoms with Gasteiger partial charge < -0.3 is 15.4 Å². The zero-order valence-electron chi connectivity index (χ0n) is 16.3. The number of ether oxygens (including phenoxy) is 1. The summed E-state index contributed by atoms with van der Waals surface area (Å²) in [5.41, 5.74) is 3.36. The van der Waals surface area contributed by atoms with Crippen LogP contribution in [0.15, 0.2) is 54.6 Å². The number of aryl methyl sites for hydroxylation is 1. The molecule has 1 unspecified atom stereocenters. The number of nitrogens with one attached hydrogen (secondary N) is 2. The highest BCUT2D eigenvalue weighted by Gasteiger charge is 2.36. The Hall–Kier alpha value is -3.61. The highest BCUT2D eigenvalue weighted by Crippen LogP contribution is 2.38. The van der Waals surface area contributed by atoms with Crippen molar-refractivity contribution in [3.05, 3.63) is 60.3 Å². The number of rotatable bonds is 6. The number of hydrogen-bond donors (Lipinski definition) is 2. The molecule has 7 nitrogen and oxygen atoms in total. The van der Waals surface area contributed by atoms with Crippen molar-refractivity contribution >= 4 is 23.3 Å². The van der Waals surface area contributed by atoms with Crippen LogP contribution in [0.2, 0.25) is 0 Å². The van der Waals surface area contributed by atoms with Gasteiger partial charge in [-0.1, -0.05) is 49.4 Å². The molecule has 0 aliphatic carbocycles. The summed E-state index contributed by atoms with van der Waals surface area (Å²) in [6, 6.07) is 16.3. The summed E-state index contributed by atoms with van der Waals surface area (Å²) in [7, 11) is 1.54. The maximum Gasteiger partial charge on any atom is 0.251 e. The van der Waals surface area contributed by atoms with Crippen LogP contribution in [0.5, 0.6) is 5.75 Å². The first kappa shape index (κ1) is 18.7. The Balaban J connectivity index is 1.61. The van der Waals surface area contributed by atoms with E-state index < -0.39 is 6.04 Å². The van der Waals surface area contributed by atoms with Gasteiger partial charge in [0.2, 0.25) is 5.91 Å². The van der Waals surface area contributed by atoms with Crippen LogP contribution in [-0.2, 0) is 16.0 Å². The lowest BCUT2D eigenvalue weighted by Crippen LogP contribution is -2.24.